The van der Waals surface area contributed by atoms with Crippen LogP contribution in [0.5, 0.6) is 0 Å². The smallest absolute Gasteiger partial charge is 0.110 e. The van der Waals surface area contributed by atoms with Gasteiger partial charge in [-0.15, -0.1) is 0 Å². The van der Waals surface area contributed by atoms with Crippen LogP contribution in [0.15, 0.2) is 30.6 Å². The van der Waals surface area contributed by atoms with Crippen molar-refractivity contribution in [2.45, 2.75) is 20.8 Å². The Morgan fingerprint density at radius 3 is 2.21 bits per heavy atom. The fourth-order valence-electron chi connectivity index (χ4n) is 1.80. The first-order chi connectivity index (χ1) is 6.70. The van der Waals surface area contributed by atoms with Crippen LogP contribution >= 0.6 is 0 Å². The largest absolute Gasteiger partial charge is 0.303 e. The fourth-order valence-corrected chi connectivity index (χ4v) is 1.80. The summed E-state index contributed by atoms with van der Waals surface area (Å²) in [5, 5.41) is 0. The van der Waals surface area contributed by atoms with Crippen molar-refractivity contribution in [2.24, 2.45) is 0 Å². The van der Waals surface area contributed by atoms with E-state index in [4.69, 9.17) is 0 Å². The Labute approximate surface area is 84.2 Å². The topological polar surface area (TPSA) is 17.8 Å². The number of hydrogen-bond donors (Lipinski definition) is 0. The van der Waals surface area contributed by atoms with Crippen molar-refractivity contribution in [1.29, 1.82) is 0 Å². The Morgan fingerprint density at radius 1 is 1.07 bits per heavy atom. The molecule has 1 aromatic heterocycles. The summed E-state index contributed by atoms with van der Waals surface area (Å²) in [5.74, 6) is 1.03. The van der Waals surface area contributed by atoms with E-state index in [0.717, 1.165) is 5.82 Å². The summed E-state index contributed by atoms with van der Waals surface area (Å²) >= 11 is 0. The minimum absolute atomic E-state index is 1.03. The van der Waals surface area contributed by atoms with Gasteiger partial charge >= 0.3 is 0 Å². The molecule has 0 amide bonds. The molecule has 0 aliphatic heterocycles. The van der Waals surface area contributed by atoms with Crippen LogP contribution in [0.25, 0.3) is 5.69 Å². The van der Waals surface area contributed by atoms with Crippen LogP contribution in [0.2, 0.25) is 0 Å². The third kappa shape index (κ3) is 1.33. The molecule has 0 atom stereocenters. The summed E-state index contributed by atoms with van der Waals surface area (Å²) in [5.41, 5.74) is 3.82. The Balaban J connectivity index is 2.68. The van der Waals surface area contributed by atoms with Crippen molar-refractivity contribution < 1.29 is 0 Å². The van der Waals surface area contributed by atoms with Crippen LogP contribution in [0.3, 0.4) is 0 Å². The Hall–Kier alpha value is -1.57. The molecule has 2 rings (SSSR count). The van der Waals surface area contributed by atoms with E-state index in [1.165, 1.54) is 16.8 Å². The molecule has 0 saturated heterocycles. The lowest BCUT2D eigenvalue weighted by Gasteiger charge is -2.11. The van der Waals surface area contributed by atoms with E-state index >= 15 is 0 Å². The molecule has 0 radical (unpaired) electrons. The molecule has 1 aromatic carbocycles. The molecular weight excluding hydrogens is 172 g/mol. The first kappa shape index (κ1) is 9.00. The van der Waals surface area contributed by atoms with Gasteiger partial charge in [-0.1, -0.05) is 18.2 Å². The lowest BCUT2D eigenvalue weighted by molar-refractivity contribution is 0.954. The predicted molar refractivity (Wildman–Crippen MR) is 57.8 cm³/mol. The van der Waals surface area contributed by atoms with Gasteiger partial charge in [-0.25, -0.2) is 4.98 Å². The molecule has 1 heterocycles. The number of hydrogen-bond acceptors (Lipinski definition) is 1. The average molecular weight is 186 g/mol. The first-order valence-corrected chi connectivity index (χ1v) is 4.76. The summed E-state index contributed by atoms with van der Waals surface area (Å²) in [6.07, 6.45) is 3.84. The third-order valence-electron chi connectivity index (χ3n) is 2.51. The molecule has 0 N–H and O–H groups in total. The van der Waals surface area contributed by atoms with E-state index in [1.54, 1.807) is 0 Å². The fraction of sp³-hybridized carbons (Fsp3) is 0.250. The number of benzene rings is 1. The monoisotopic (exact) mass is 186 g/mol. The summed E-state index contributed by atoms with van der Waals surface area (Å²) in [6, 6.07) is 6.34. The van der Waals surface area contributed by atoms with Gasteiger partial charge in [0, 0.05) is 12.4 Å². The van der Waals surface area contributed by atoms with E-state index in [-0.39, 0.29) is 0 Å². The number of aromatic nitrogens is 2. The molecule has 0 aliphatic carbocycles. The van der Waals surface area contributed by atoms with Crippen molar-refractivity contribution in [1.82, 2.24) is 9.55 Å². The molecule has 72 valence electrons. The normalized spacial score (nSPS) is 10.5. The van der Waals surface area contributed by atoms with Gasteiger partial charge in [0.2, 0.25) is 0 Å². The number of nitrogens with zero attached hydrogens (tertiary/aromatic N) is 2. The molecular formula is C12H14N2. The zero-order valence-electron chi connectivity index (χ0n) is 8.78. The van der Waals surface area contributed by atoms with E-state index in [1.807, 2.05) is 19.3 Å². The first-order valence-electron chi connectivity index (χ1n) is 4.76. The molecule has 0 bridgehead atoms. The van der Waals surface area contributed by atoms with Gasteiger partial charge in [-0.05, 0) is 31.9 Å². The highest BCUT2D eigenvalue weighted by molar-refractivity contribution is 5.47. The number of imidazole rings is 1. The number of para-hydroxylation sites is 1. The van der Waals surface area contributed by atoms with E-state index in [9.17, 15) is 0 Å². The lowest BCUT2D eigenvalue weighted by Crippen LogP contribution is -2.00. The molecule has 0 spiro atoms. The second-order valence-electron chi connectivity index (χ2n) is 3.58. The van der Waals surface area contributed by atoms with Crippen molar-refractivity contribution in [3.05, 3.63) is 47.5 Å². The van der Waals surface area contributed by atoms with Gasteiger partial charge in [0.05, 0.1) is 5.69 Å². The Bertz CT molecular complexity index is 435. The minimum atomic E-state index is 1.03. The van der Waals surface area contributed by atoms with Crippen molar-refractivity contribution in [3.8, 4) is 5.69 Å². The van der Waals surface area contributed by atoms with Gasteiger partial charge in [0.1, 0.15) is 5.82 Å². The van der Waals surface area contributed by atoms with Crippen LogP contribution < -0.4 is 0 Å². The zero-order valence-corrected chi connectivity index (χ0v) is 8.78. The van der Waals surface area contributed by atoms with Crippen LogP contribution in [0, 0.1) is 20.8 Å². The van der Waals surface area contributed by atoms with Gasteiger partial charge in [-0.3, -0.25) is 0 Å². The Morgan fingerprint density at radius 2 is 1.71 bits per heavy atom. The second-order valence-corrected chi connectivity index (χ2v) is 3.58. The van der Waals surface area contributed by atoms with Crippen LogP contribution in [-0.4, -0.2) is 9.55 Å². The van der Waals surface area contributed by atoms with Gasteiger partial charge in [0.15, 0.2) is 0 Å². The summed E-state index contributed by atoms with van der Waals surface area (Å²) in [4.78, 5) is 4.24. The standard InChI is InChI=1S/C12H14N2/c1-9-5-4-6-10(2)12(9)14-8-7-13-11(14)3/h4-8H,1-3H3. The van der Waals surface area contributed by atoms with E-state index in [0.29, 0.717) is 0 Å². The van der Waals surface area contributed by atoms with Crippen molar-refractivity contribution in [3.63, 3.8) is 0 Å². The maximum absolute atomic E-state index is 4.24. The van der Waals surface area contributed by atoms with Gasteiger partial charge < -0.3 is 4.57 Å². The predicted octanol–water partition coefficient (Wildman–Crippen LogP) is 2.80. The van der Waals surface area contributed by atoms with E-state index < -0.39 is 0 Å². The van der Waals surface area contributed by atoms with Gasteiger partial charge in [0.25, 0.3) is 0 Å². The maximum atomic E-state index is 4.24. The highest BCUT2D eigenvalue weighted by Crippen LogP contribution is 2.19. The quantitative estimate of drug-likeness (QED) is 0.669. The number of aryl methyl sites for hydroxylation is 3. The molecule has 0 unspecified atom stereocenters. The summed E-state index contributed by atoms with van der Waals surface area (Å²) in [7, 11) is 0. The maximum Gasteiger partial charge on any atom is 0.110 e. The zero-order chi connectivity index (χ0) is 10.1. The van der Waals surface area contributed by atoms with Crippen molar-refractivity contribution >= 4 is 0 Å². The van der Waals surface area contributed by atoms with Crippen molar-refractivity contribution in [2.75, 3.05) is 0 Å². The summed E-state index contributed by atoms with van der Waals surface area (Å²) in [6.45, 7) is 6.27. The highest BCUT2D eigenvalue weighted by atomic mass is 15.1. The molecule has 0 aliphatic rings. The molecule has 0 saturated carbocycles. The molecule has 2 heteroatoms. The molecule has 2 nitrogen and oxygen atoms in total. The molecule has 2 aromatic rings. The Kier molecular flexibility index (Phi) is 2.12. The average Bonchev–Trinajstić information content (AvgIpc) is 2.52. The minimum Gasteiger partial charge on any atom is -0.303 e. The second kappa shape index (κ2) is 3.29. The lowest BCUT2D eigenvalue weighted by atomic mass is 10.1. The van der Waals surface area contributed by atoms with Crippen LogP contribution in [0.1, 0.15) is 17.0 Å². The molecule has 0 fully saturated rings. The van der Waals surface area contributed by atoms with Gasteiger partial charge in [-0.2, -0.15) is 0 Å². The third-order valence-corrected chi connectivity index (χ3v) is 2.51. The van der Waals surface area contributed by atoms with E-state index in [2.05, 4.69) is 41.6 Å². The highest BCUT2D eigenvalue weighted by Gasteiger charge is 2.05. The molecule has 14 heavy (non-hydrogen) atoms. The number of rotatable bonds is 1. The van der Waals surface area contributed by atoms with Crippen LogP contribution in [0.4, 0.5) is 0 Å². The summed E-state index contributed by atoms with van der Waals surface area (Å²) < 4.78 is 2.13. The van der Waals surface area contributed by atoms with Crippen LogP contribution in [-0.2, 0) is 0 Å². The SMILES string of the molecule is Cc1cccc(C)c1-n1ccnc1C.